The van der Waals surface area contributed by atoms with E-state index in [0.29, 0.717) is 6.54 Å². The van der Waals surface area contributed by atoms with Crippen LogP contribution in [0.15, 0.2) is 4.99 Å². The van der Waals surface area contributed by atoms with Crippen LogP contribution in [0, 0.1) is 5.92 Å². The third-order valence-electron chi connectivity index (χ3n) is 4.24. The van der Waals surface area contributed by atoms with Crippen molar-refractivity contribution in [2.24, 2.45) is 10.9 Å². The van der Waals surface area contributed by atoms with Crippen molar-refractivity contribution >= 4 is 40.0 Å². The Labute approximate surface area is 171 Å². The Hall–Kier alpha value is -0.0900. The highest BCUT2D eigenvalue weighted by Crippen LogP contribution is 2.26. The van der Waals surface area contributed by atoms with Crippen molar-refractivity contribution in [3.8, 4) is 0 Å². The average molecular weight is 488 g/mol. The van der Waals surface area contributed by atoms with Gasteiger partial charge in [-0.15, -0.1) is 24.0 Å². The fourth-order valence-electron chi connectivity index (χ4n) is 3.23. The number of sulfonamides is 1. The van der Waals surface area contributed by atoms with Crippen LogP contribution >= 0.6 is 24.0 Å². The fraction of sp³-hybridized carbons (Fsp3) is 0.941. The minimum absolute atomic E-state index is 0. The molecule has 25 heavy (non-hydrogen) atoms. The molecule has 1 saturated carbocycles. The quantitative estimate of drug-likeness (QED) is 0.202. The molecule has 1 fully saturated rings. The maximum atomic E-state index is 11.4. The van der Waals surface area contributed by atoms with Gasteiger partial charge in [0, 0.05) is 18.6 Å². The molecule has 0 saturated heterocycles. The van der Waals surface area contributed by atoms with Gasteiger partial charge >= 0.3 is 0 Å². The molecule has 8 heteroatoms. The molecular weight excluding hydrogens is 451 g/mol. The van der Waals surface area contributed by atoms with Crippen LogP contribution in [-0.2, 0) is 10.0 Å². The molecule has 1 aliphatic rings. The fourth-order valence-corrected chi connectivity index (χ4v) is 4.29. The van der Waals surface area contributed by atoms with Gasteiger partial charge in [-0.05, 0) is 39.5 Å². The number of aliphatic imine (C=N–C) groups is 1. The van der Waals surface area contributed by atoms with Crippen molar-refractivity contribution in [1.29, 1.82) is 0 Å². The summed E-state index contributed by atoms with van der Waals surface area (Å²) in [6.07, 6.45) is 10.6. The summed E-state index contributed by atoms with van der Waals surface area (Å²) in [6.45, 7) is 7.78. The van der Waals surface area contributed by atoms with Gasteiger partial charge in [0.05, 0.1) is 12.8 Å². The molecule has 0 heterocycles. The highest BCUT2D eigenvalue weighted by molar-refractivity contribution is 14.0. The molecule has 3 N–H and O–H groups in total. The number of nitrogens with zero attached hydrogens (tertiary/aromatic N) is 1. The number of hydrogen-bond donors (Lipinski definition) is 3. The molecule has 6 nitrogen and oxygen atoms in total. The maximum absolute atomic E-state index is 11.4. The molecule has 0 unspecified atom stereocenters. The Morgan fingerprint density at radius 1 is 1.16 bits per heavy atom. The minimum atomic E-state index is -3.24. The zero-order chi connectivity index (χ0) is 18.1. The van der Waals surface area contributed by atoms with Gasteiger partial charge in [0.25, 0.3) is 0 Å². The van der Waals surface area contributed by atoms with E-state index in [2.05, 4.69) is 20.3 Å². The standard InChI is InChI=1S/C17H36N4O2S.HI/c1-5-18-16(20-14-17(2,3)21-24(4,22)23)19-13-9-12-15-10-7-6-8-11-15;/h15,21H,5-14H2,1-4H3,(H2,18,19,20);1H. The second kappa shape index (κ2) is 12.3. The van der Waals surface area contributed by atoms with Crippen molar-refractivity contribution in [1.82, 2.24) is 15.4 Å². The summed E-state index contributed by atoms with van der Waals surface area (Å²) >= 11 is 0. The first kappa shape index (κ1) is 24.9. The zero-order valence-corrected chi connectivity index (χ0v) is 19.4. The van der Waals surface area contributed by atoms with Crippen LogP contribution in [0.1, 0.15) is 65.7 Å². The van der Waals surface area contributed by atoms with Crippen molar-refractivity contribution in [3.05, 3.63) is 0 Å². The molecule has 1 aliphatic carbocycles. The van der Waals surface area contributed by atoms with Crippen LogP contribution in [0.3, 0.4) is 0 Å². The van der Waals surface area contributed by atoms with Gasteiger partial charge in [0.15, 0.2) is 5.96 Å². The molecule has 0 amide bonds. The summed E-state index contributed by atoms with van der Waals surface area (Å²) in [7, 11) is -3.24. The van der Waals surface area contributed by atoms with Crippen molar-refractivity contribution in [2.75, 3.05) is 25.9 Å². The summed E-state index contributed by atoms with van der Waals surface area (Å²) in [5, 5.41) is 6.58. The van der Waals surface area contributed by atoms with Gasteiger partial charge in [0.1, 0.15) is 0 Å². The normalized spacial score (nSPS) is 17.0. The zero-order valence-electron chi connectivity index (χ0n) is 16.2. The maximum Gasteiger partial charge on any atom is 0.209 e. The first-order valence-corrected chi connectivity index (χ1v) is 11.1. The Kier molecular flexibility index (Phi) is 12.3. The van der Waals surface area contributed by atoms with E-state index in [0.717, 1.165) is 31.4 Å². The van der Waals surface area contributed by atoms with Gasteiger partial charge in [0.2, 0.25) is 10.0 Å². The molecule has 0 atom stereocenters. The lowest BCUT2D eigenvalue weighted by Gasteiger charge is -2.24. The summed E-state index contributed by atoms with van der Waals surface area (Å²) in [5.41, 5.74) is -0.599. The molecule has 0 bridgehead atoms. The van der Waals surface area contributed by atoms with E-state index in [9.17, 15) is 8.42 Å². The lowest BCUT2D eigenvalue weighted by atomic mass is 9.86. The van der Waals surface area contributed by atoms with Crippen LogP contribution in [0.25, 0.3) is 0 Å². The highest BCUT2D eigenvalue weighted by atomic mass is 127. The second-order valence-corrected chi connectivity index (χ2v) is 9.27. The molecule has 0 radical (unpaired) electrons. The lowest BCUT2D eigenvalue weighted by Crippen LogP contribution is -2.46. The Balaban J connectivity index is 0.00000576. The van der Waals surface area contributed by atoms with Gasteiger partial charge in [-0.25, -0.2) is 13.1 Å². The average Bonchev–Trinajstić information content (AvgIpc) is 2.48. The smallest absolute Gasteiger partial charge is 0.209 e. The summed E-state index contributed by atoms with van der Waals surface area (Å²) < 4.78 is 25.4. The number of guanidine groups is 1. The number of rotatable bonds is 9. The van der Waals surface area contributed by atoms with E-state index in [1.807, 2.05) is 20.8 Å². The van der Waals surface area contributed by atoms with E-state index < -0.39 is 15.6 Å². The molecule has 1 rings (SSSR count). The topological polar surface area (TPSA) is 82.6 Å². The van der Waals surface area contributed by atoms with Crippen molar-refractivity contribution in [2.45, 2.75) is 71.3 Å². The molecule has 150 valence electrons. The third kappa shape index (κ3) is 12.8. The minimum Gasteiger partial charge on any atom is -0.357 e. The summed E-state index contributed by atoms with van der Waals surface area (Å²) in [6, 6.07) is 0. The van der Waals surface area contributed by atoms with Crippen molar-refractivity contribution in [3.63, 3.8) is 0 Å². The molecule has 0 spiro atoms. The van der Waals surface area contributed by atoms with Crippen LogP contribution < -0.4 is 15.4 Å². The van der Waals surface area contributed by atoms with Crippen LogP contribution in [0.2, 0.25) is 0 Å². The van der Waals surface area contributed by atoms with Crippen LogP contribution in [0.5, 0.6) is 0 Å². The molecule has 0 aromatic rings. The van der Waals surface area contributed by atoms with E-state index in [1.165, 1.54) is 44.8 Å². The lowest BCUT2D eigenvalue weighted by molar-refractivity contribution is 0.332. The second-order valence-electron chi connectivity index (χ2n) is 7.53. The van der Waals surface area contributed by atoms with E-state index in [-0.39, 0.29) is 24.0 Å². The monoisotopic (exact) mass is 488 g/mol. The summed E-state index contributed by atoms with van der Waals surface area (Å²) in [4.78, 5) is 4.52. The number of hydrogen-bond acceptors (Lipinski definition) is 3. The van der Waals surface area contributed by atoms with E-state index in [4.69, 9.17) is 0 Å². The Morgan fingerprint density at radius 3 is 2.36 bits per heavy atom. The Bertz CT molecular complexity index is 489. The highest BCUT2D eigenvalue weighted by Gasteiger charge is 2.21. The van der Waals surface area contributed by atoms with Gasteiger partial charge in [-0.2, -0.15) is 0 Å². The SMILES string of the molecule is CCNC(=NCC(C)(C)NS(C)(=O)=O)NCCCC1CCCCC1.I. The van der Waals surface area contributed by atoms with E-state index >= 15 is 0 Å². The number of halogens is 1. The largest absolute Gasteiger partial charge is 0.357 e. The molecular formula is C17H37IN4O2S. The molecule has 0 aromatic carbocycles. The molecule has 0 aliphatic heterocycles. The first-order chi connectivity index (χ1) is 11.2. The predicted molar refractivity (Wildman–Crippen MR) is 117 cm³/mol. The number of nitrogens with one attached hydrogen (secondary N) is 3. The third-order valence-corrected chi connectivity index (χ3v) is 5.17. The van der Waals surface area contributed by atoms with Crippen molar-refractivity contribution < 1.29 is 8.42 Å². The van der Waals surface area contributed by atoms with Gasteiger partial charge < -0.3 is 10.6 Å². The summed E-state index contributed by atoms with van der Waals surface area (Å²) in [5.74, 6) is 1.66. The predicted octanol–water partition coefficient (Wildman–Crippen LogP) is 2.85. The van der Waals surface area contributed by atoms with Gasteiger partial charge in [-0.1, -0.05) is 32.1 Å². The Morgan fingerprint density at radius 2 is 1.80 bits per heavy atom. The van der Waals surface area contributed by atoms with E-state index in [1.54, 1.807) is 0 Å². The van der Waals surface area contributed by atoms with Gasteiger partial charge in [-0.3, -0.25) is 4.99 Å². The van der Waals surface area contributed by atoms with Crippen LogP contribution in [-0.4, -0.2) is 45.8 Å². The molecule has 0 aromatic heterocycles. The first-order valence-electron chi connectivity index (χ1n) is 9.23. The van der Waals surface area contributed by atoms with Crippen LogP contribution in [0.4, 0.5) is 0 Å².